The van der Waals surface area contributed by atoms with Gasteiger partial charge in [0.2, 0.25) is 0 Å². The van der Waals surface area contributed by atoms with E-state index in [-0.39, 0.29) is 5.48 Å². The minimum atomic E-state index is -2.67. The van der Waals surface area contributed by atoms with Crippen LogP contribution < -0.4 is 0 Å². The van der Waals surface area contributed by atoms with Crippen LogP contribution in [0.25, 0.3) is 0 Å². The molecule has 0 unspecified atom stereocenters. The van der Waals surface area contributed by atoms with E-state index in [0.29, 0.717) is 0 Å². The van der Waals surface area contributed by atoms with Gasteiger partial charge in [0, 0.05) is 0 Å². The van der Waals surface area contributed by atoms with E-state index >= 15 is 0 Å². The molecular weight excluding hydrogens is 752 g/mol. The van der Waals surface area contributed by atoms with Crippen molar-refractivity contribution in [1.29, 1.82) is 0 Å². The van der Waals surface area contributed by atoms with Crippen LogP contribution in [0.15, 0.2) is 12.7 Å². The predicted octanol–water partition coefficient (Wildman–Crippen LogP) is 11.7. The van der Waals surface area contributed by atoms with Crippen LogP contribution in [0.1, 0.15) is 193 Å². The monoisotopic (exact) mass is 824 g/mol. The van der Waals surface area contributed by atoms with Crippen LogP contribution in [-0.2, 0) is 0 Å². The summed E-state index contributed by atoms with van der Waals surface area (Å²) in [4.78, 5) is 4.48. The third-order valence-corrected chi connectivity index (χ3v) is 45.9. The Morgan fingerprint density at radius 3 is 1.00 bits per heavy atom. The van der Waals surface area contributed by atoms with Crippen molar-refractivity contribution in [2.45, 2.75) is 216 Å². The summed E-state index contributed by atoms with van der Waals surface area (Å²) in [6.07, 6.45) is 50.7. The zero-order valence-corrected chi connectivity index (χ0v) is 34.4. The Bertz CT molecular complexity index is 788. The van der Waals surface area contributed by atoms with Gasteiger partial charge in [-0.25, -0.2) is 0 Å². The van der Waals surface area contributed by atoms with Gasteiger partial charge in [-0.2, -0.15) is 0 Å². The molecule has 1 radical (unpaired) electrons. The summed E-state index contributed by atoms with van der Waals surface area (Å²) in [6.45, 7) is 0. The quantitative estimate of drug-likeness (QED) is 0.257. The molecule has 0 saturated heterocycles. The van der Waals surface area contributed by atoms with Gasteiger partial charge in [0.15, 0.2) is 0 Å². The Labute approximate surface area is 283 Å². The van der Waals surface area contributed by atoms with Crippen LogP contribution in [0.5, 0.6) is 0 Å². The first kappa shape index (κ1) is 36.0. The number of aromatic nitrogens is 3. The first-order valence-corrected chi connectivity index (χ1v) is 31.3. The van der Waals surface area contributed by atoms with Gasteiger partial charge in [-0.05, 0) is 0 Å². The van der Waals surface area contributed by atoms with Gasteiger partial charge >= 0.3 is 280 Å². The Morgan fingerprint density at radius 2 is 0.727 bits per heavy atom. The molecule has 1 aromatic heterocycles. The standard InChI is InChI=1S/6C6H11.C2H2N3.H2O.2Sn/c6*1-2-4-6-5-3-1;1-3-2-5-4-1;;;/h6*1H,2-6H2;1-2H;1H2;;/q;;;;;;-1;;;+1. The zero-order chi connectivity index (χ0) is 29.2. The van der Waals surface area contributed by atoms with Gasteiger partial charge in [-0.1, -0.05) is 0 Å². The molecule has 251 valence electrons. The van der Waals surface area contributed by atoms with Gasteiger partial charge in [0.25, 0.3) is 0 Å². The van der Waals surface area contributed by atoms with Gasteiger partial charge in [-0.15, -0.1) is 0 Å². The molecule has 0 aromatic carbocycles. The minimum absolute atomic E-state index is 0. The predicted molar refractivity (Wildman–Crippen MR) is 192 cm³/mol. The number of hydrogen-bond acceptors (Lipinski definition) is 2. The van der Waals surface area contributed by atoms with Gasteiger partial charge in [0.1, 0.15) is 0 Å². The van der Waals surface area contributed by atoms with E-state index in [1.165, 1.54) is 108 Å². The first-order valence-electron chi connectivity index (χ1n) is 20.1. The summed E-state index contributed by atoms with van der Waals surface area (Å²) >= 11 is -3.82. The molecule has 1 heterocycles. The Morgan fingerprint density at radius 1 is 0.432 bits per heavy atom. The average molecular weight is 822 g/mol. The van der Waals surface area contributed by atoms with Crippen LogP contribution in [0.4, 0.5) is 0 Å². The van der Waals surface area contributed by atoms with E-state index in [1.807, 2.05) is 6.33 Å². The second kappa shape index (κ2) is 19.0. The molecule has 6 heteroatoms. The number of rotatable bonds is 7. The average Bonchev–Trinajstić information content (AvgIpc) is 3.64. The van der Waals surface area contributed by atoms with Crippen molar-refractivity contribution >= 4 is 38.4 Å². The molecule has 6 fully saturated rings. The third kappa shape index (κ3) is 8.83. The first-order chi connectivity index (χ1) is 21.4. The molecular formula is C38H70N3OSn2. The number of hydrogen-bond donors (Lipinski definition) is 0. The second-order valence-electron chi connectivity index (χ2n) is 16.2. The van der Waals surface area contributed by atoms with E-state index in [1.54, 1.807) is 96.3 Å². The van der Waals surface area contributed by atoms with E-state index in [9.17, 15) is 0 Å². The van der Waals surface area contributed by atoms with Crippen LogP contribution >= 0.6 is 0 Å². The van der Waals surface area contributed by atoms with E-state index < -0.39 is 38.4 Å². The maximum atomic E-state index is 4.91. The number of nitrogens with zero attached hydrogens (tertiary/aromatic N) is 3. The molecule has 7 rings (SSSR count). The van der Waals surface area contributed by atoms with E-state index in [0.717, 1.165) is 11.8 Å². The summed E-state index contributed by atoms with van der Waals surface area (Å²) in [5.74, 6) is 0. The topological polar surface area (TPSA) is 62.2 Å². The SMILES string of the molecule is C1CC[CH]([Sn]([CH]2CCCCC2)[CH]2CCCCC2)CC1.O.c1nc[n]([Sn]([CH]2CCCCC2)([CH]2CCCCC2)[CH]2CCCCC2)n1. The second-order valence-corrected chi connectivity index (χ2v) is 39.4. The zero-order valence-electron chi connectivity index (χ0n) is 28.7. The van der Waals surface area contributed by atoms with E-state index in [4.69, 9.17) is 5.10 Å². The van der Waals surface area contributed by atoms with Crippen LogP contribution in [-0.4, -0.2) is 56.9 Å². The maximum absolute atomic E-state index is 4.91. The fourth-order valence-corrected chi connectivity index (χ4v) is 48.7. The van der Waals surface area contributed by atoms with Crippen molar-refractivity contribution < 1.29 is 5.48 Å². The molecule has 0 atom stereocenters. The van der Waals surface area contributed by atoms with Crippen molar-refractivity contribution in [1.82, 2.24) is 13.0 Å². The van der Waals surface area contributed by atoms with Gasteiger partial charge < -0.3 is 5.48 Å². The Kier molecular flexibility index (Phi) is 15.6. The molecule has 0 amide bonds. The Balaban J connectivity index is 0.000000175. The molecule has 6 saturated carbocycles. The van der Waals surface area contributed by atoms with Crippen molar-refractivity contribution in [3.05, 3.63) is 12.7 Å². The molecule has 44 heavy (non-hydrogen) atoms. The molecule has 0 aliphatic heterocycles. The summed E-state index contributed by atoms with van der Waals surface area (Å²) in [5, 5.41) is 4.91. The molecule has 6 aliphatic carbocycles. The van der Waals surface area contributed by atoms with Crippen molar-refractivity contribution in [2.75, 3.05) is 0 Å². The van der Waals surface area contributed by atoms with Gasteiger partial charge in [0.05, 0.1) is 0 Å². The molecule has 0 spiro atoms. The van der Waals surface area contributed by atoms with Crippen molar-refractivity contribution in [3.63, 3.8) is 0 Å². The van der Waals surface area contributed by atoms with Crippen LogP contribution in [0, 0.1) is 0 Å². The van der Waals surface area contributed by atoms with Crippen LogP contribution in [0.3, 0.4) is 0 Å². The molecule has 1 aromatic rings. The fraction of sp³-hybridized carbons (Fsp3) is 0.947. The summed E-state index contributed by atoms with van der Waals surface area (Å²) in [5.41, 5.74) is 0. The third-order valence-electron chi connectivity index (χ3n) is 13.8. The summed E-state index contributed by atoms with van der Waals surface area (Å²) in [6, 6.07) is 0. The van der Waals surface area contributed by atoms with Crippen LogP contribution in [0.2, 0.25) is 23.6 Å². The summed E-state index contributed by atoms with van der Waals surface area (Å²) < 4.78 is 9.70. The Hall–Kier alpha value is 0.697. The summed E-state index contributed by atoms with van der Waals surface area (Å²) in [7, 11) is 0. The van der Waals surface area contributed by atoms with E-state index in [2.05, 4.69) is 14.2 Å². The normalized spacial score (nSPS) is 26.6. The fourth-order valence-electron chi connectivity index (χ4n) is 12.0. The molecule has 2 N–H and O–H groups in total. The van der Waals surface area contributed by atoms with Gasteiger partial charge in [-0.3, -0.25) is 0 Å². The van der Waals surface area contributed by atoms with Crippen molar-refractivity contribution in [3.8, 4) is 0 Å². The molecule has 6 aliphatic rings. The molecule has 4 nitrogen and oxygen atoms in total. The molecule has 0 bridgehead atoms. The van der Waals surface area contributed by atoms with Crippen molar-refractivity contribution in [2.24, 2.45) is 0 Å².